The average molecular weight is 300 g/mol. The summed E-state index contributed by atoms with van der Waals surface area (Å²) in [6.07, 6.45) is -0.419. The normalized spacial score (nSPS) is 21.4. The minimum atomic E-state index is -3.43. The molecule has 7 nitrogen and oxygen atoms in total. The lowest BCUT2D eigenvalue weighted by Crippen LogP contribution is -2.47. The molecular formula is C12H20N4O3S. The third-order valence-corrected chi connectivity index (χ3v) is 5.01. The smallest absolute Gasteiger partial charge is 0.281 e. The quantitative estimate of drug-likeness (QED) is 0.801. The summed E-state index contributed by atoms with van der Waals surface area (Å²) in [6.45, 7) is 4.70. The minimum Gasteiger partial charge on any atom is -0.367 e. The van der Waals surface area contributed by atoms with E-state index in [0.29, 0.717) is 19.0 Å². The van der Waals surface area contributed by atoms with Crippen LogP contribution in [0.4, 0.5) is 0 Å². The van der Waals surface area contributed by atoms with Crippen molar-refractivity contribution in [2.75, 3.05) is 33.8 Å². The zero-order chi connectivity index (χ0) is 14.9. The molecule has 0 unspecified atom stereocenters. The van der Waals surface area contributed by atoms with E-state index in [4.69, 9.17) is 4.74 Å². The first kappa shape index (κ1) is 15.3. The molecule has 1 fully saturated rings. The van der Waals surface area contributed by atoms with Crippen molar-refractivity contribution in [1.82, 2.24) is 18.6 Å². The molecule has 1 aliphatic rings. The van der Waals surface area contributed by atoms with Crippen LogP contribution in [0.5, 0.6) is 0 Å². The Labute approximate surface area is 119 Å². The Morgan fingerprint density at radius 3 is 2.45 bits per heavy atom. The maximum Gasteiger partial charge on any atom is 0.281 e. The third-order valence-electron chi connectivity index (χ3n) is 3.10. The van der Waals surface area contributed by atoms with Crippen LogP contribution in [0.2, 0.25) is 0 Å². The second-order valence-electron chi connectivity index (χ2n) is 5.02. The van der Waals surface area contributed by atoms with Crippen molar-refractivity contribution in [1.29, 1.82) is 0 Å². The van der Waals surface area contributed by atoms with E-state index in [0.717, 1.165) is 11.4 Å². The van der Waals surface area contributed by atoms with Crippen molar-refractivity contribution < 1.29 is 13.2 Å². The fraction of sp³-hybridized carbons (Fsp3) is 0.667. The van der Waals surface area contributed by atoms with Gasteiger partial charge in [0.15, 0.2) is 5.82 Å². The Kier molecular flexibility index (Phi) is 4.38. The summed E-state index contributed by atoms with van der Waals surface area (Å²) in [7, 11) is -0.388. The van der Waals surface area contributed by atoms with Gasteiger partial charge in [0.25, 0.3) is 10.2 Å². The topological polar surface area (TPSA) is 75.6 Å². The van der Waals surface area contributed by atoms with Crippen molar-refractivity contribution in [2.24, 2.45) is 0 Å². The summed E-state index contributed by atoms with van der Waals surface area (Å²) < 4.78 is 32.5. The average Bonchev–Trinajstić information content (AvgIpc) is 2.37. The maximum atomic E-state index is 12.2. The molecular weight excluding hydrogens is 280 g/mol. The lowest BCUT2D eigenvalue weighted by molar-refractivity contribution is -0.00896. The van der Waals surface area contributed by atoms with Crippen LogP contribution < -0.4 is 0 Å². The SMILES string of the molecule is Cc1cc(C)nc([C@H]2CN(S(=O)(=O)N(C)C)CCO2)n1. The monoisotopic (exact) mass is 300 g/mol. The van der Waals surface area contributed by atoms with Crippen LogP contribution in [-0.4, -0.2) is 60.8 Å². The highest BCUT2D eigenvalue weighted by atomic mass is 32.2. The van der Waals surface area contributed by atoms with Gasteiger partial charge in [0.05, 0.1) is 6.61 Å². The molecule has 0 N–H and O–H groups in total. The molecule has 1 saturated heterocycles. The fourth-order valence-electron chi connectivity index (χ4n) is 2.12. The van der Waals surface area contributed by atoms with Gasteiger partial charge in [-0.3, -0.25) is 0 Å². The van der Waals surface area contributed by atoms with Gasteiger partial charge in [0, 0.05) is 38.6 Å². The molecule has 0 spiro atoms. The van der Waals surface area contributed by atoms with Crippen molar-refractivity contribution >= 4 is 10.2 Å². The highest BCUT2D eigenvalue weighted by Gasteiger charge is 2.32. The first-order valence-corrected chi connectivity index (χ1v) is 7.82. The largest absolute Gasteiger partial charge is 0.367 e. The van der Waals surface area contributed by atoms with E-state index in [9.17, 15) is 8.42 Å². The second kappa shape index (κ2) is 5.72. The summed E-state index contributed by atoms with van der Waals surface area (Å²) in [6, 6.07) is 1.88. The lowest BCUT2D eigenvalue weighted by atomic mass is 10.2. The number of aryl methyl sites for hydroxylation is 2. The molecule has 8 heteroatoms. The molecule has 0 saturated carbocycles. The minimum absolute atomic E-state index is 0.239. The first-order valence-electron chi connectivity index (χ1n) is 6.42. The Hall–Kier alpha value is -1.09. The van der Waals surface area contributed by atoms with Crippen LogP contribution in [0.1, 0.15) is 23.3 Å². The van der Waals surface area contributed by atoms with Gasteiger partial charge < -0.3 is 4.74 Å². The molecule has 2 heterocycles. The highest BCUT2D eigenvalue weighted by Crippen LogP contribution is 2.22. The van der Waals surface area contributed by atoms with Gasteiger partial charge >= 0.3 is 0 Å². The predicted molar refractivity (Wildman–Crippen MR) is 74.4 cm³/mol. The number of morpholine rings is 1. The van der Waals surface area contributed by atoms with Crippen LogP contribution in [0.15, 0.2) is 6.07 Å². The van der Waals surface area contributed by atoms with Gasteiger partial charge in [-0.1, -0.05) is 0 Å². The Balaban J connectivity index is 2.23. The predicted octanol–water partition coefficient (Wildman–Crippen LogP) is 0.273. The first-order chi connectivity index (χ1) is 9.30. The van der Waals surface area contributed by atoms with E-state index in [1.807, 2.05) is 19.9 Å². The van der Waals surface area contributed by atoms with Crippen molar-refractivity contribution in [3.05, 3.63) is 23.3 Å². The number of aromatic nitrogens is 2. The summed E-state index contributed by atoms with van der Waals surface area (Å²) >= 11 is 0. The molecule has 112 valence electrons. The van der Waals surface area contributed by atoms with Crippen LogP contribution in [0.3, 0.4) is 0 Å². The van der Waals surface area contributed by atoms with Gasteiger partial charge in [-0.25, -0.2) is 9.97 Å². The highest BCUT2D eigenvalue weighted by molar-refractivity contribution is 7.86. The summed E-state index contributed by atoms with van der Waals surface area (Å²) in [5.74, 6) is 0.543. The summed E-state index contributed by atoms with van der Waals surface area (Å²) in [4.78, 5) is 8.70. The van der Waals surface area contributed by atoms with Crippen LogP contribution in [0, 0.1) is 13.8 Å². The van der Waals surface area contributed by atoms with Gasteiger partial charge in [0.2, 0.25) is 0 Å². The van der Waals surface area contributed by atoms with Gasteiger partial charge in [0.1, 0.15) is 6.10 Å². The van der Waals surface area contributed by atoms with Gasteiger partial charge in [-0.05, 0) is 19.9 Å². The molecule has 2 rings (SSSR count). The van der Waals surface area contributed by atoms with Crippen molar-refractivity contribution in [2.45, 2.75) is 20.0 Å². The zero-order valence-corrected chi connectivity index (χ0v) is 13.0. The number of rotatable bonds is 3. The number of nitrogens with zero attached hydrogens (tertiary/aromatic N) is 4. The van der Waals surface area contributed by atoms with E-state index >= 15 is 0 Å². The lowest BCUT2D eigenvalue weighted by Gasteiger charge is -2.33. The molecule has 20 heavy (non-hydrogen) atoms. The molecule has 0 bridgehead atoms. The van der Waals surface area contributed by atoms with Crippen LogP contribution in [0.25, 0.3) is 0 Å². The van der Waals surface area contributed by atoms with E-state index in [2.05, 4.69) is 9.97 Å². The molecule has 1 atom stereocenters. The van der Waals surface area contributed by atoms with Crippen molar-refractivity contribution in [3.8, 4) is 0 Å². The molecule has 1 aromatic heterocycles. The molecule has 1 aromatic rings. The Morgan fingerprint density at radius 2 is 1.90 bits per heavy atom. The Bertz CT molecular complexity index is 568. The van der Waals surface area contributed by atoms with E-state index in [-0.39, 0.29) is 6.54 Å². The number of hydrogen-bond acceptors (Lipinski definition) is 5. The zero-order valence-electron chi connectivity index (χ0n) is 12.2. The molecule has 0 aliphatic carbocycles. The molecule has 1 aliphatic heterocycles. The van der Waals surface area contributed by atoms with Gasteiger partial charge in [-0.2, -0.15) is 17.0 Å². The van der Waals surface area contributed by atoms with Crippen LogP contribution >= 0.6 is 0 Å². The Morgan fingerprint density at radius 1 is 1.30 bits per heavy atom. The molecule has 0 radical (unpaired) electrons. The van der Waals surface area contributed by atoms with E-state index < -0.39 is 16.3 Å². The number of hydrogen-bond donors (Lipinski definition) is 0. The summed E-state index contributed by atoms with van der Waals surface area (Å²) in [5, 5.41) is 0. The number of ether oxygens (including phenoxy) is 1. The molecule has 0 amide bonds. The maximum absolute atomic E-state index is 12.2. The second-order valence-corrected chi connectivity index (χ2v) is 7.16. The molecule has 0 aromatic carbocycles. The standard InChI is InChI=1S/C12H20N4O3S/c1-9-7-10(2)14-12(13-9)11-8-16(5-6-19-11)20(17,18)15(3)4/h7,11H,5-6,8H2,1-4H3/t11-/m1/s1. The summed E-state index contributed by atoms with van der Waals surface area (Å²) in [5.41, 5.74) is 1.70. The van der Waals surface area contributed by atoms with Gasteiger partial charge in [-0.15, -0.1) is 0 Å². The van der Waals surface area contributed by atoms with Crippen molar-refractivity contribution in [3.63, 3.8) is 0 Å². The van der Waals surface area contributed by atoms with E-state index in [1.54, 1.807) is 0 Å². The van der Waals surface area contributed by atoms with E-state index in [1.165, 1.54) is 22.7 Å². The van der Waals surface area contributed by atoms with Crippen LogP contribution in [-0.2, 0) is 14.9 Å². The third kappa shape index (κ3) is 3.14. The fourth-order valence-corrected chi connectivity index (χ4v) is 3.21.